The quantitative estimate of drug-likeness (QED) is 0.358. The van der Waals surface area contributed by atoms with E-state index < -0.39 is 40.0 Å². The average Bonchev–Trinajstić information content (AvgIpc) is 3.02. The van der Waals surface area contributed by atoms with Crippen molar-refractivity contribution in [3.05, 3.63) is 36.5 Å². The number of alkyl carbamates (subject to hydrolysis) is 1. The summed E-state index contributed by atoms with van der Waals surface area (Å²) >= 11 is 0. The van der Waals surface area contributed by atoms with E-state index >= 15 is 0 Å². The maximum atomic E-state index is 13.3. The Kier molecular flexibility index (Phi) is 8.54. The van der Waals surface area contributed by atoms with Gasteiger partial charge in [-0.1, -0.05) is 6.07 Å². The Morgan fingerprint density at radius 1 is 1.11 bits per heavy atom. The minimum atomic E-state index is -4.11. The molecule has 0 unspecified atom stereocenters. The number of hydrogen-bond donors (Lipinski definition) is 2. The lowest BCUT2D eigenvalue weighted by atomic mass is 9.80. The second-order valence-corrected chi connectivity index (χ2v) is 12.4. The SMILES string of the molecule is COc1ncc(B2OC(C)(C)C(C)(C)O2)cc1S(=O)(=O)Nc1cccc(OCCNC(=O)OC(C)(C)C)c1. The molecule has 1 saturated heterocycles. The van der Waals surface area contributed by atoms with Crippen molar-refractivity contribution in [1.29, 1.82) is 0 Å². The fraction of sp³-hybridized carbons (Fsp3) is 0.520. The third-order valence-electron chi connectivity index (χ3n) is 5.97. The van der Waals surface area contributed by atoms with E-state index in [1.807, 2.05) is 27.7 Å². The number of hydrogen-bond acceptors (Lipinski definition) is 9. The lowest BCUT2D eigenvalue weighted by Gasteiger charge is -2.32. The van der Waals surface area contributed by atoms with Crippen LogP contribution >= 0.6 is 0 Å². The topological polar surface area (TPSA) is 134 Å². The summed E-state index contributed by atoms with van der Waals surface area (Å²) in [6.07, 6.45) is 0.924. The van der Waals surface area contributed by atoms with Crippen LogP contribution in [0.3, 0.4) is 0 Å². The van der Waals surface area contributed by atoms with Crippen molar-refractivity contribution < 1.29 is 36.7 Å². The molecule has 0 saturated carbocycles. The zero-order chi connectivity index (χ0) is 28.4. The Bertz CT molecular complexity index is 1250. The van der Waals surface area contributed by atoms with E-state index in [9.17, 15) is 13.2 Å². The minimum absolute atomic E-state index is 0.0709. The van der Waals surface area contributed by atoms with Crippen molar-refractivity contribution in [2.24, 2.45) is 0 Å². The van der Waals surface area contributed by atoms with Crippen LogP contribution in [0, 0.1) is 0 Å². The predicted molar refractivity (Wildman–Crippen MR) is 143 cm³/mol. The average molecular weight is 549 g/mol. The van der Waals surface area contributed by atoms with Gasteiger partial charge in [-0.25, -0.2) is 18.2 Å². The first kappa shape index (κ1) is 29.5. The molecule has 208 valence electrons. The largest absolute Gasteiger partial charge is 0.496 e. The molecule has 38 heavy (non-hydrogen) atoms. The number of aromatic nitrogens is 1. The van der Waals surface area contributed by atoms with Gasteiger partial charge < -0.3 is 28.8 Å². The number of anilines is 1. The van der Waals surface area contributed by atoms with E-state index in [0.29, 0.717) is 11.2 Å². The van der Waals surface area contributed by atoms with E-state index in [2.05, 4.69) is 15.0 Å². The maximum absolute atomic E-state index is 13.3. The van der Waals surface area contributed by atoms with E-state index in [0.717, 1.165) is 0 Å². The predicted octanol–water partition coefficient (Wildman–Crippen LogP) is 3.09. The highest BCUT2D eigenvalue weighted by Crippen LogP contribution is 2.37. The monoisotopic (exact) mass is 549 g/mol. The van der Waals surface area contributed by atoms with Gasteiger partial charge in [0.15, 0.2) is 0 Å². The number of carbonyl (C=O) groups is 1. The summed E-state index contributed by atoms with van der Waals surface area (Å²) in [5.74, 6) is 0.339. The second kappa shape index (κ2) is 11.0. The number of methoxy groups -OCH3 is 1. The van der Waals surface area contributed by atoms with E-state index in [1.54, 1.807) is 39.0 Å². The molecule has 2 N–H and O–H groups in total. The molecule has 1 amide bonds. The van der Waals surface area contributed by atoms with Gasteiger partial charge in [-0.15, -0.1) is 0 Å². The van der Waals surface area contributed by atoms with Crippen molar-refractivity contribution in [1.82, 2.24) is 10.3 Å². The molecule has 1 fully saturated rings. The molecule has 1 aromatic heterocycles. The first-order valence-electron chi connectivity index (χ1n) is 12.2. The second-order valence-electron chi connectivity index (χ2n) is 10.8. The van der Waals surface area contributed by atoms with E-state index in [4.69, 9.17) is 23.5 Å². The molecule has 0 aliphatic carbocycles. The molecule has 1 aromatic carbocycles. The number of carbonyl (C=O) groups excluding carboxylic acids is 1. The van der Waals surface area contributed by atoms with Crippen LogP contribution in [-0.4, -0.2) is 63.7 Å². The van der Waals surface area contributed by atoms with Gasteiger partial charge in [0.05, 0.1) is 30.5 Å². The number of nitrogens with zero attached hydrogens (tertiary/aromatic N) is 1. The van der Waals surface area contributed by atoms with Crippen LogP contribution in [0.25, 0.3) is 0 Å². The van der Waals surface area contributed by atoms with Gasteiger partial charge in [-0.2, -0.15) is 0 Å². The fourth-order valence-corrected chi connectivity index (χ4v) is 4.60. The lowest BCUT2D eigenvalue weighted by molar-refractivity contribution is 0.00578. The number of benzene rings is 1. The van der Waals surface area contributed by atoms with E-state index in [1.165, 1.54) is 25.4 Å². The summed E-state index contributed by atoms with van der Waals surface area (Å²) in [4.78, 5) is 15.8. The number of ether oxygens (including phenoxy) is 3. The van der Waals surface area contributed by atoms with Gasteiger partial charge in [0.1, 0.15) is 22.9 Å². The maximum Gasteiger partial charge on any atom is 0.496 e. The highest BCUT2D eigenvalue weighted by atomic mass is 32.2. The molecular weight excluding hydrogens is 513 g/mol. The van der Waals surface area contributed by atoms with Crippen molar-refractivity contribution in [2.75, 3.05) is 25.0 Å². The third kappa shape index (κ3) is 7.30. The Labute approximate surface area is 224 Å². The summed E-state index contributed by atoms with van der Waals surface area (Å²) in [6, 6.07) is 7.86. The number of sulfonamides is 1. The molecule has 2 heterocycles. The van der Waals surface area contributed by atoms with Crippen LogP contribution < -0.4 is 25.0 Å². The number of pyridine rings is 1. The lowest BCUT2D eigenvalue weighted by Crippen LogP contribution is -2.41. The molecule has 1 aliphatic rings. The molecule has 1 aliphatic heterocycles. The molecule has 0 spiro atoms. The standard InChI is InChI=1S/C25H36BN3O8S/c1-23(2,3)35-22(30)27-12-13-34-19-11-9-10-18(15-19)29-38(31,32)20-14-17(16-28-21(20)33-8)26-36-24(4,5)25(6,7)37-26/h9-11,14-16,29H,12-13H2,1-8H3,(H,27,30). The molecule has 2 aromatic rings. The van der Waals surface area contributed by atoms with Crippen molar-refractivity contribution in [3.63, 3.8) is 0 Å². The summed E-state index contributed by atoms with van der Waals surface area (Å²) in [6.45, 7) is 13.3. The van der Waals surface area contributed by atoms with Crippen molar-refractivity contribution >= 4 is 34.4 Å². The molecule has 13 heteroatoms. The summed E-state index contributed by atoms with van der Waals surface area (Å²) < 4.78 is 57.4. The fourth-order valence-electron chi connectivity index (χ4n) is 3.40. The molecular formula is C25H36BN3O8S. The van der Waals surface area contributed by atoms with Crippen LogP contribution in [0.2, 0.25) is 0 Å². The zero-order valence-corrected chi connectivity index (χ0v) is 23.9. The first-order chi connectivity index (χ1) is 17.5. The van der Waals surface area contributed by atoms with Gasteiger partial charge in [-0.3, -0.25) is 4.72 Å². The molecule has 0 radical (unpaired) electrons. The van der Waals surface area contributed by atoms with Gasteiger partial charge >= 0.3 is 13.2 Å². The zero-order valence-electron chi connectivity index (χ0n) is 23.1. The Hall–Kier alpha value is -3.03. The van der Waals surface area contributed by atoms with Crippen LogP contribution in [0.1, 0.15) is 48.5 Å². The van der Waals surface area contributed by atoms with E-state index in [-0.39, 0.29) is 29.6 Å². The van der Waals surface area contributed by atoms with Crippen LogP contribution in [0.5, 0.6) is 11.6 Å². The summed E-state index contributed by atoms with van der Waals surface area (Å²) in [7, 11) is -3.56. The number of nitrogens with one attached hydrogen (secondary N) is 2. The van der Waals surface area contributed by atoms with Crippen molar-refractivity contribution in [3.8, 4) is 11.6 Å². The van der Waals surface area contributed by atoms with Crippen LogP contribution in [-0.2, 0) is 24.1 Å². The third-order valence-corrected chi connectivity index (χ3v) is 7.35. The first-order valence-corrected chi connectivity index (χ1v) is 13.6. The molecule has 11 nitrogen and oxygen atoms in total. The smallest absolute Gasteiger partial charge is 0.492 e. The molecule has 3 rings (SSSR count). The van der Waals surface area contributed by atoms with Gasteiger partial charge in [-0.05, 0) is 66.7 Å². The van der Waals surface area contributed by atoms with Gasteiger partial charge in [0, 0.05) is 17.7 Å². The highest BCUT2D eigenvalue weighted by molar-refractivity contribution is 7.92. The summed E-state index contributed by atoms with van der Waals surface area (Å²) in [5.41, 5.74) is -1.08. The summed E-state index contributed by atoms with van der Waals surface area (Å²) in [5, 5.41) is 2.60. The Morgan fingerprint density at radius 3 is 2.37 bits per heavy atom. The van der Waals surface area contributed by atoms with Crippen LogP contribution in [0.15, 0.2) is 41.4 Å². The molecule has 0 atom stereocenters. The van der Waals surface area contributed by atoms with Crippen LogP contribution in [0.4, 0.5) is 10.5 Å². The Morgan fingerprint density at radius 2 is 1.76 bits per heavy atom. The molecule has 0 bridgehead atoms. The van der Waals surface area contributed by atoms with Gasteiger partial charge in [0.25, 0.3) is 10.0 Å². The number of rotatable bonds is 9. The van der Waals surface area contributed by atoms with Crippen molar-refractivity contribution in [2.45, 2.75) is 70.2 Å². The number of amides is 1. The normalized spacial score (nSPS) is 16.6. The van der Waals surface area contributed by atoms with Gasteiger partial charge in [0.2, 0.25) is 5.88 Å². The highest BCUT2D eigenvalue weighted by Gasteiger charge is 2.52. The Balaban J connectivity index is 1.71. The minimum Gasteiger partial charge on any atom is -0.492 e.